The van der Waals surface area contributed by atoms with Crippen molar-refractivity contribution in [1.82, 2.24) is 5.32 Å². The zero-order valence-corrected chi connectivity index (χ0v) is 14.6. The first-order valence-electron chi connectivity index (χ1n) is 8.32. The standard InChI is InChI=1S/C17H27NO6/c1-12(2)14(11-23-16(20)10-9-15(19)22-3)24-17(21)18-13-7-5-4-6-8-13/h9-10,12-14H,4-8,11H2,1-3H3,(H,18,21)/b10-9+/t14-/m0/s1. The molecule has 0 heterocycles. The zero-order valence-electron chi connectivity index (χ0n) is 14.6. The maximum atomic E-state index is 12.0. The van der Waals surface area contributed by atoms with Gasteiger partial charge in [0.2, 0.25) is 0 Å². The Bertz CT molecular complexity index is 454. The van der Waals surface area contributed by atoms with Gasteiger partial charge in [-0.3, -0.25) is 0 Å². The Balaban J connectivity index is 2.40. The van der Waals surface area contributed by atoms with Crippen molar-refractivity contribution in [2.45, 2.75) is 58.1 Å². The molecule has 1 atom stereocenters. The van der Waals surface area contributed by atoms with E-state index in [1.807, 2.05) is 13.8 Å². The Labute approximate surface area is 142 Å². The molecule has 0 aromatic heterocycles. The number of esters is 2. The molecule has 0 aliphatic heterocycles. The lowest BCUT2D eigenvalue weighted by molar-refractivity contribution is -0.142. The first kappa shape index (κ1) is 20.0. The summed E-state index contributed by atoms with van der Waals surface area (Å²) in [4.78, 5) is 34.4. The van der Waals surface area contributed by atoms with E-state index in [1.165, 1.54) is 13.5 Å². The average molecular weight is 341 g/mol. The van der Waals surface area contributed by atoms with Crippen LogP contribution in [0.5, 0.6) is 0 Å². The van der Waals surface area contributed by atoms with E-state index in [0.29, 0.717) is 0 Å². The molecule has 0 unspecified atom stereocenters. The Hall–Kier alpha value is -2.05. The number of methoxy groups -OCH3 is 1. The lowest BCUT2D eigenvalue weighted by Crippen LogP contribution is -2.40. The van der Waals surface area contributed by atoms with Gasteiger partial charge in [-0.25, -0.2) is 14.4 Å². The predicted molar refractivity (Wildman–Crippen MR) is 87.2 cm³/mol. The molecule has 0 bridgehead atoms. The third kappa shape index (κ3) is 7.99. The van der Waals surface area contributed by atoms with Gasteiger partial charge in [-0.05, 0) is 18.8 Å². The van der Waals surface area contributed by atoms with Crippen molar-refractivity contribution in [2.24, 2.45) is 5.92 Å². The van der Waals surface area contributed by atoms with Crippen molar-refractivity contribution in [3.8, 4) is 0 Å². The molecule has 24 heavy (non-hydrogen) atoms. The summed E-state index contributed by atoms with van der Waals surface area (Å²) in [5.74, 6) is -1.35. The number of carbonyl (C=O) groups excluding carboxylic acids is 3. The summed E-state index contributed by atoms with van der Waals surface area (Å²) in [5.41, 5.74) is 0. The number of carbonyl (C=O) groups is 3. The van der Waals surface area contributed by atoms with Gasteiger partial charge in [0.25, 0.3) is 0 Å². The lowest BCUT2D eigenvalue weighted by Gasteiger charge is -2.25. The number of ether oxygens (including phenoxy) is 3. The molecule has 7 heteroatoms. The fourth-order valence-corrected chi connectivity index (χ4v) is 2.36. The highest BCUT2D eigenvalue weighted by Crippen LogP contribution is 2.18. The van der Waals surface area contributed by atoms with Gasteiger partial charge in [0.1, 0.15) is 12.7 Å². The van der Waals surface area contributed by atoms with Crippen LogP contribution in [-0.2, 0) is 23.8 Å². The molecular weight excluding hydrogens is 314 g/mol. The third-order valence-electron chi connectivity index (χ3n) is 3.88. The molecular formula is C17H27NO6. The molecule has 1 amide bonds. The van der Waals surface area contributed by atoms with E-state index in [1.54, 1.807) is 0 Å². The summed E-state index contributed by atoms with van der Waals surface area (Å²) in [7, 11) is 1.21. The van der Waals surface area contributed by atoms with E-state index < -0.39 is 24.1 Å². The molecule has 1 aliphatic rings. The maximum absolute atomic E-state index is 12.0. The highest BCUT2D eigenvalue weighted by atomic mass is 16.6. The van der Waals surface area contributed by atoms with Crippen LogP contribution < -0.4 is 5.32 Å². The monoisotopic (exact) mass is 341 g/mol. The van der Waals surface area contributed by atoms with Crippen LogP contribution in [0.15, 0.2) is 12.2 Å². The van der Waals surface area contributed by atoms with Crippen LogP contribution in [0, 0.1) is 5.92 Å². The molecule has 7 nitrogen and oxygen atoms in total. The Morgan fingerprint density at radius 3 is 2.29 bits per heavy atom. The summed E-state index contributed by atoms with van der Waals surface area (Å²) in [6.45, 7) is 3.67. The van der Waals surface area contributed by atoms with E-state index in [9.17, 15) is 14.4 Å². The van der Waals surface area contributed by atoms with Gasteiger partial charge in [-0.1, -0.05) is 33.1 Å². The zero-order chi connectivity index (χ0) is 17.9. The minimum absolute atomic E-state index is 0.0144. The van der Waals surface area contributed by atoms with Crippen LogP contribution in [0.1, 0.15) is 46.0 Å². The van der Waals surface area contributed by atoms with Crippen LogP contribution in [0.25, 0.3) is 0 Å². The second-order valence-electron chi connectivity index (χ2n) is 6.15. The largest absolute Gasteiger partial charge is 0.466 e. The van der Waals surface area contributed by atoms with Crippen LogP contribution in [0.4, 0.5) is 4.79 Å². The lowest BCUT2D eigenvalue weighted by atomic mass is 9.96. The molecule has 1 rings (SSSR count). The molecule has 136 valence electrons. The molecule has 1 fully saturated rings. The van der Waals surface area contributed by atoms with Gasteiger partial charge < -0.3 is 19.5 Å². The topological polar surface area (TPSA) is 90.9 Å². The Morgan fingerprint density at radius 1 is 1.08 bits per heavy atom. The van der Waals surface area contributed by atoms with Crippen molar-refractivity contribution in [1.29, 1.82) is 0 Å². The first-order valence-corrected chi connectivity index (χ1v) is 8.32. The van der Waals surface area contributed by atoms with Crippen molar-refractivity contribution in [3.63, 3.8) is 0 Å². The number of nitrogens with one attached hydrogen (secondary N) is 1. The van der Waals surface area contributed by atoms with Crippen molar-refractivity contribution in [2.75, 3.05) is 13.7 Å². The first-order chi connectivity index (χ1) is 11.4. The number of rotatable bonds is 7. The molecule has 1 saturated carbocycles. The van der Waals surface area contributed by atoms with Crippen molar-refractivity contribution in [3.05, 3.63) is 12.2 Å². The van der Waals surface area contributed by atoms with E-state index >= 15 is 0 Å². The number of hydrogen-bond donors (Lipinski definition) is 1. The van der Waals surface area contributed by atoms with Gasteiger partial charge in [0, 0.05) is 18.2 Å². The molecule has 0 radical (unpaired) electrons. The smallest absolute Gasteiger partial charge is 0.407 e. The predicted octanol–water partition coefficient (Wildman–Crippen LogP) is 2.34. The fraction of sp³-hybridized carbons (Fsp3) is 0.706. The van der Waals surface area contributed by atoms with Gasteiger partial charge in [0.15, 0.2) is 0 Å². The minimum atomic E-state index is -0.692. The number of amides is 1. The molecule has 0 saturated heterocycles. The molecule has 1 N–H and O–H groups in total. The van der Waals surface area contributed by atoms with E-state index in [2.05, 4.69) is 10.1 Å². The number of hydrogen-bond acceptors (Lipinski definition) is 6. The summed E-state index contributed by atoms with van der Waals surface area (Å²) in [6, 6.07) is 0.157. The molecule has 1 aliphatic carbocycles. The minimum Gasteiger partial charge on any atom is -0.466 e. The second kappa shape index (κ2) is 10.7. The average Bonchev–Trinajstić information content (AvgIpc) is 2.56. The summed E-state index contributed by atoms with van der Waals surface area (Å²) in [6.07, 6.45) is 6.28. The normalized spacial score (nSPS) is 16.7. The van der Waals surface area contributed by atoms with Gasteiger partial charge in [0.05, 0.1) is 7.11 Å². The van der Waals surface area contributed by atoms with Gasteiger partial charge >= 0.3 is 18.0 Å². The van der Waals surface area contributed by atoms with Crippen LogP contribution in [-0.4, -0.2) is 43.9 Å². The van der Waals surface area contributed by atoms with E-state index in [-0.39, 0.29) is 18.6 Å². The van der Waals surface area contributed by atoms with Crippen LogP contribution in [0.3, 0.4) is 0 Å². The van der Waals surface area contributed by atoms with Gasteiger partial charge in [-0.2, -0.15) is 0 Å². The molecule has 0 aromatic carbocycles. The van der Waals surface area contributed by atoms with Crippen molar-refractivity contribution >= 4 is 18.0 Å². The fourth-order valence-electron chi connectivity index (χ4n) is 2.36. The maximum Gasteiger partial charge on any atom is 0.407 e. The van der Waals surface area contributed by atoms with Gasteiger partial charge in [-0.15, -0.1) is 0 Å². The highest BCUT2D eigenvalue weighted by molar-refractivity contribution is 5.91. The van der Waals surface area contributed by atoms with Crippen molar-refractivity contribution < 1.29 is 28.6 Å². The van der Waals surface area contributed by atoms with Crippen LogP contribution >= 0.6 is 0 Å². The molecule has 0 aromatic rings. The highest BCUT2D eigenvalue weighted by Gasteiger charge is 2.22. The SMILES string of the molecule is COC(=O)/C=C/C(=O)OC[C@H](OC(=O)NC1CCCCC1)C(C)C. The van der Waals surface area contributed by atoms with Crippen LogP contribution in [0.2, 0.25) is 0 Å². The van der Waals surface area contributed by atoms with E-state index in [4.69, 9.17) is 9.47 Å². The summed E-state index contributed by atoms with van der Waals surface area (Å²) >= 11 is 0. The molecule has 0 spiro atoms. The number of alkyl carbamates (subject to hydrolysis) is 1. The third-order valence-corrected chi connectivity index (χ3v) is 3.88. The summed E-state index contributed by atoms with van der Waals surface area (Å²) in [5, 5.41) is 2.86. The summed E-state index contributed by atoms with van der Waals surface area (Å²) < 4.78 is 14.8. The second-order valence-corrected chi connectivity index (χ2v) is 6.15. The quantitative estimate of drug-likeness (QED) is 0.434. The van der Waals surface area contributed by atoms with E-state index in [0.717, 1.165) is 37.8 Å². The Morgan fingerprint density at radius 2 is 1.71 bits per heavy atom. The Kier molecular flexibility index (Phi) is 8.89.